The Kier molecular flexibility index (Phi) is 11.2. The van der Waals surface area contributed by atoms with Gasteiger partial charge in [0.1, 0.15) is 11.4 Å². The van der Waals surface area contributed by atoms with Crippen molar-refractivity contribution < 1.29 is 28.7 Å². The molecule has 238 valence electrons. The minimum Gasteiger partial charge on any atom is -0.482 e. The number of ether oxygens (including phenoxy) is 2. The van der Waals surface area contributed by atoms with Crippen LogP contribution in [-0.2, 0) is 14.3 Å². The van der Waals surface area contributed by atoms with E-state index in [4.69, 9.17) is 9.47 Å². The van der Waals surface area contributed by atoms with Crippen molar-refractivity contribution in [1.29, 1.82) is 0 Å². The van der Waals surface area contributed by atoms with Crippen LogP contribution in [-0.4, -0.2) is 56.2 Å². The van der Waals surface area contributed by atoms with Crippen LogP contribution >= 0.6 is 0 Å². The average molecular weight is 615 g/mol. The van der Waals surface area contributed by atoms with Gasteiger partial charge in [-0.2, -0.15) is 0 Å². The molecular weight excluding hydrogens is 572 g/mol. The minimum atomic E-state index is -0.652. The summed E-state index contributed by atoms with van der Waals surface area (Å²) in [5, 5.41) is 5.32. The summed E-state index contributed by atoms with van der Waals surface area (Å²) in [4.78, 5) is 54.9. The maximum Gasteiger partial charge on any atom is 0.338 e. The zero-order chi connectivity index (χ0) is 32.4. The molecular formula is C35H42N4O6. The van der Waals surface area contributed by atoms with E-state index in [-0.39, 0.29) is 25.0 Å². The molecule has 1 saturated carbocycles. The first-order valence-electron chi connectivity index (χ1n) is 15.2. The molecule has 0 unspecified atom stereocenters. The van der Waals surface area contributed by atoms with E-state index >= 15 is 0 Å². The van der Waals surface area contributed by atoms with Crippen molar-refractivity contribution in [2.75, 3.05) is 41.9 Å². The van der Waals surface area contributed by atoms with Crippen LogP contribution in [0.3, 0.4) is 0 Å². The lowest BCUT2D eigenvalue weighted by atomic mass is 10.1. The number of likely N-dealkylation sites (N-methyl/N-ethyl adjacent to an activating group) is 1. The maximum atomic E-state index is 13.6. The van der Waals surface area contributed by atoms with E-state index in [1.165, 1.54) is 11.0 Å². The number of anilines is 3. The molecule has 0 radical (unpaired) electrons. The fraction of sp³-hybridized carbons (Fsp3) is 0.371. The molecule has 1 aliphatic carbocycles. The van der Waals surface area contributed by atoms with Crippen molar-refractivity contribution in [2.45, 2.75) is 52.1 Å². The van der Waals surface area contributed by atoms with Crippen molar-refractivity contribution in [1.82, 2.24) is 5.32 Å². The number of para-hydroxylation sites is 3. The van der Waals surface area contributed by atoms with E-state index in [0.717, 1.165) is 31.4 Å². The highest BCUT2D eigenvalue weighted by Gasteiger charge is 2.26. The monoisotopic (exact) mass is 614 g/mol. The lowest BCUT2D eigenvalue weighted by Gasteiger charge is -2.28. The molecule has 0 saturated heterocycles. The summed E-state index contributed by atoms with van der Waals surface area (Å²) in [6.45, 7) is 5.33. The lowest BCUT2D eigenvalue weighted by Crippen LogP contribution is -2.43. The number of urea groups is 1. The van der Waals surface area contributed by atoms with Gasteiger partial charge < -0.3 is 29.9 Å². The van der Waals surface area contributed by atoms with Gasteiger partial charge in [0.25, 0.3) is 5.91 Å². The molecule has 10 heteroatoms. The van der Waals surface area contributed by atoms with E-state index in [1.807, 2.05) is 36.4 Å². The molecule has 10 nitrogen and oxygen atoms in total. The molecule has 2 N–H and O–H groups in total. The Labute approximate surface area is 264 Å². The summed E-state index contributed by atoms with van der Waals surface area (Å²) in [6.07, 6.45) is 4.23. The smallest absolute Gasteiger partial charge is 0.338 e. The largest absolute Gasteiger partial charge is 0.482 e. The summed E-state index contributed by atoms with van der Waals surface area (Å²) in [5.74, 6) is -0.333. The molecule has 0 spiro atoms. The van der Waals surface area contributed by atoms with Gasteiger partial charge in [0.2, 0.25) is 5.91 Å². The van der Waals surface area contributed by atoms with E-state index in [2.05, 4.69) is 10.6 Å². The second kappa shape index (κ2) is 15.2. The summed E-state index contributed by atoms with van der Waals surface area (Å²) < 4.78 is 11.4. The first-order valence-corrected chi connectivity index (χ1v) is 15.2. The van der Waals surface area contributed by atoms with Gasteiger partial charge >= 0.3 is 12.0 Å². The third kappa shape index (κ3) is 9.82. The fourth-order valence-electron chi connectivity index (χ4n) is 5.11. The average Bonchev–Trinajstić information content (AvgIpc) is 3.54. The Hall–Kier alpha value is -4.86. The normalized spacial score (nSPS) is 13.1. The highest BCUT2D eigenvalue weighted by atomic mass is 16.6. The first-order chi connectivity index (χ1) is 21.5. The molecule has 0 atom stereocenters. The van der Waals surface area contributed by atoms with Gasteiger partial charge in [-0.05, 0) is 82.0 Å². The van der Waals surface area contributed by atoms with Crippen LogP contribution in [0.4, 0.5) is 21.9 Å². The molecule has 0 bridgehead atoms. The quantitative estimate of drug-likeness (QED) is 0.255. The summed E-state index contributed by atoms with van der Waals surface area (Å²) in [6, 6.07) is 22.2. The molecule has 0 heterocycles. The van der Waals surface area contributed by atoms with Gasteiger partial charge in [-0.1, -0.05) is 49.2 Å². The minimum absolute atomic E-state index is 0.211. The third-order valence-electron chi connectivity index (χ3n) is 7.40. The Morgan fingerprint density at radius 1 is 0.867 bits per heavy atom. The molecule has 4 rings (SSSR count). The van der Waals surface area contributed by atoms with Crippen LogP contribution < -0.4 is 25.2 Å². The van der Waals surface area contributed by atoms with Gasteiger partial charge in [0.15, 0.2) is 6.61 Å². The van der Waals surface area contributed by atoms with Crippen LogP contribution in [0.15, 0.2) is 78.9 Å². The number of esters is 1. The number of amides is 4. The number of nitrogens with one attached hydrogen (secondary N) is 2. The van der Waals surface area contributed by atoms with E-state index < -0.39 is 17.6 Å². The number of nitrogens with zero attached hydrogens (tertiary/aromatic N) is 2. The third-order valence-corrected chi connectivity index (χ3v) is 7.40. The number of benzene rings is 3. The predicted molar refractivity (Wildman–Crippen MR) is 175 cm³/mol. The highest BCUT2D eigenvalue weighted by Crippen LogP contribution is 2.32. The van der Waals surface area contributed by atoms with E-state index in [1.54, 1.807) is 69.1 Å². The molecule has 0 aliphatic heterocycles. The number of rotatable bonds is 11. The summed E-state index contributed by atoms with van der Waals surface area (Å²) in [7, 11) is 1.69. The van der Waals surface area contributed by atoms with Gasteiger partial charge in [-0.25, -0.2) is 9.59 Å². The van der Waals surface area contributed by atoms with E-state index in [0.29, 0.717) is 35.2 Å². The van der Waals surface area contributed by atoms with Crippen molar-refractivity contribution in [3.8, 4) is 5.75 Å². The molecule has 1 fully saturated rings. The van der Waals surface area contributed by atoms with Crippen LogP contribution in [0.5, 0.6) is 5.75 Å². The number of hydrogen-bond donors (Lipinski definition) is 2. The fourth-order valence-corrected chi connectivity index (χ4v) is 5.11. The van der Waals surface area contributed by atoms with Gasteiger partial charge in [-0.3, -0.25) is 9.59 Å². The van der Waals surface area contributed by atoms with Crippen LogP contribution in [0.2, 0.25) is 0 Å². The number of carbonyl (C=O) groups excluding carboxylic acids is 4. The predicted octanol–water partition coefficient (Wildman–Crippen LogP) is 6.03. The first kappa shape index (κ1) is 33.0. The molecule has 3 aromatic rings. The van der Waals surface area contributed by atoms with Crippen molar-refractivity contribution in [3.63, 3.8) is 0 Å². The Morgan fingerprint density at radius 3 is 2.27 bits per heavy atom. The zero-order valence-corrected chi connectivity index (χ0v) is 26.4. The maximum absolute atomic E-state index is 13.6. The highest BCUT2D eigenvalue weighted by molar-refractivity contribution is 6.00. The Morgan fingerprint density at radius 2 is 1.56 bits per heavy atom. The zero-order valence-electron chi connectivity index (χ0n) is 26.4. The molecule has 3 aromatic carbocycles. The van der Waals surface area contributed by atoms with Crippen LogP contribution in [0.25, 0.3) is 0 Å². The Balaban J connectivity index is 1.42. The molecule has 0 aromatic heterocycles. The van der Waals surface area contributed by atoms with Crippen molar-refractivity contribution in [2.24, 2.45) is 5.92 Å². The summed E-state index contributed by atoms with van der Waals surface area (Å²) >= 11 is 0. The van der Waals surface area contributed by atoms with Gasteiger partial charge in [0.05, 0.1) is 17.8 Å². The van der Waals surface area contributed by atoms with E-state index in [9.17, 15) is 19.2 Å². The second-order valence-electron chi connectivity index (χ2n) is 12.1. The van der Waals surface area contributed by atoms with Crippen molar-refractivity contribution in [3.05, 3.63) is 84.4 Å². The van der Waals surface area contributed by atoms with Crippen LogP contribution in [0, 0.1) is 5.92 Å². The van der Waals surface area contributed by atoms with Gasteiger partial charge in [0, 0.05) is 25.0 Å². The van der Waals surface area contributed by atoms with Gasteiger partial charge in [-0.15, -0.1) is 0 Å². The Bertz CT molecular complexity index is 1480. The lowest BCUT2D eigenvalue weighted by molar-refractivity contribution is -0.120. The van der Waals surface area contributed by atoms with Crippen molar-refractivity contribution >= 4 is 40.9 Å². The molecule has 4 amide bonds. The van der Waals surface area contributed by atoms with Crippen LogP contribution in [0.1, 0.15) is 56.8 Å². The molecule has 1 aliphatic rings. The number of hydrogen-bond acceptors (Lipinski definition) is 6. The molecule has 45 heavy (non-hydrogen) atoms. The second-order valence-corrected chi connectivity index (χ2v) is 12.1. The standard InChI is InChI=1S/C35H42N4O6/c1-35(2,3)45-33(42)26-15-12-16-27(21-26)37-34(43)36-22-31(40)39(23-25-13-8-9-14-25)29-19-10-11-20-30(29)44-24-32(41)38(4)28-17-6-5-7-18-28/h5-7,10-12,15-21,25H,8-9,13-14,22-24H2,1-4H3,(H2,36,37,43). The summed E-state index contributed by atoms with van der Waals surface area (Å²) in [5.41, 5.74) is 1.32. The SMILES string of the molecule is CN(C(=O)COc1ccccc1N(CC1CCCC1)C(=O)CNC(=O)Nc1cccc(C(=O)OC(C)(C)C)c1)c1ccccc1. The topological polar surface area (TPSA) is 117 Å². The number of carbonyl (C=O) groups is 4.